The molecule has 4 aliphatic rings. The van der Waals surface area contributed by atoms with Crippen molar-refractivity contribution >= 4 is 40.4 Å². The Labute approximate surface area is 210 Å². The molecule has 3 fully saturated rings. The number of carbonyl (C=O) groups is 4. The van der Waals surface area contributed by atoms with Gasteiger partial charge in [-0.3, -0.25) is 25.0 Å². The van der Waals surface area contributed by atoms with E-state index in [-0.39, 0.29) is 47.5 Å². The number of imide groups is 2. The fraction of sp³-hybridized carbons (Fsp3) is 0.542. The van der Waals surface area contributed by atoms with Crippen LogP contribution in [0, 0.1) is 11.2 Å². The normalized spacial score (nSPS) is 27.5. The molecule has 0 aliphatic carbocycles. The Morgan fingerprint density at radius 1 is 1.19 bits per heavy atom. The molecule has 3 saturated heterocycles. The maximum Gasteiger partial charge on any atom is 0.328 e. The van der Waals surface area contributed by atoms with Gasteiger partial charge in [0.15, 0.2) is 16.9 Å². The second-order valence-electron chi connectivity index (χ2n) is 10.1. The zero-order valence-corrected chi connectivity index (χ0v) is 20.3. The molecule has 1 spiro atoms. The zero-order valence-electron chi connectivity index (χ0n) is 20.3. The van der Waals surface area contributed by atoms with E-state index < -0.39 is 47.1 Å². The number of nitrogens with zero attached hydrogens (tertiary/aromatic N) is 2. The maximum absolute atomic E-state index is 16.1. The number of carbonyl (C=O) groups excluding carboxylic acids is 4. The van der Waals surface area contributed by atoms with Crippen molar-refractivity contribution in [3.63, 3.8) is 0 Å². The summed E-state index contributed by atoms with van der Waals surface area (Å²) in [6.07, 6.45) is 0.0932. The van der Waals surface area contributed by atoms with Crippen LogP contribution in [0.25, 0.3) is 11.0 Å². The van der Waals surface area contributed by atoms with E-state index in [1.807, 2.05) is 6.92 Å². The quantitative estimate of drug-likeness (QED) is 0.493. The molecule has 12 nitrogen and oxygen atoms in total. The molecular weight excluding hydrogens is 489 g/mol. The van der Waals surface area contributed by atoms with Crippen LogP contribution in [0.2, 0.25) is 0 Å². The number of ether oxygens (including phenoxy) is 2. The van der Waals surface area contributed by atoms with Crippen molar-refractivity contribution in [1.29, 1.82) is 0 Å². The van der Waals surface area contributed by atoms with Gasteiger partial charge in [-0.05, 0) is 38.3 Å². The molecule has 13 heteroatoms. The first-order chi connectivity index (χ1) is 17.7. The van der Waals surface area contributed by atoms with Gasteiger partial charge in [-0.15, -0.1) is 0 Å². The molecule has 3 atom stereocenters. The van der Waals surface area contributed by atoms with Crippen LogP contribution >= 0.6 is 0 Å². The Hall–Kier alpha value is -3.58. The van der Waals surface area contributed by atoms with E-state index in [0.29, 0.717) is 31.6 Å². The molecule has 4 aliphatic heterocycles. The number of anilines is 1. The molecule has 2 aromatic rings. The fourth-order valence-corrected chi connectivity index (χ4v) is 6.21. The molecule has 1 aromatic carbocycles. The number of fused-ring (bicyclic) bond motifs is 5. The number of aromatic nitrogens is 1. The van der Waals surface area contributed by atoms with Crippen LogP contribution in [-0.2, 0) is 25.5 Å². The van der Waals surface area contributed by atoms with E-state index in [0.717, 1.165) is 0 Å². The number of halogens is 1. The van der Waals surface area contributed by atoms with Crippen molar-refractivity contribution in [3.05, 3.63) is 23.1 Å². The van der Waals surface area contributed by atoms with Gasteiger partial charge >= 0.3 is 6.03 Å². The first kappa shape index (κ1) is 23.8. The lowest BCUT2D eigenvalue weighted by molar-refractivity contribution is -0.153. The van der Waals surface area contributed by atoms with Crippen LogP contribution in [-0.4, -0.2) is 73.0 Å². The summed E-state index contributed by atoms with van der Waals surface area (Å²) >= 11 is 0. The number of hydrogen-bond acceptors (Lipinski definition) is 9. The van der Waals surface area contributed by atoms with E-state index >= 15 is 4.39 Å². The average molecular weight is 515 g/mol. The third kappa shape index (κ3) is 3.51. The lowest BCUT2D eigenvalue weighted by Gasteiger charge is -2.55. The summed E-state index contributed by atoms with van der Waals surface area (Å²) in [5.74, 6) is -2.81. The topological polar surface area (TPSA) is 152 Å². The lowest BCUT2D eigenvalue weighted by Crippen LogP contribution is -2.75. The Morgan fingerprint density at radius 2 is 1.89 bits per heavy atom. The number of amides is 5. The van der Waals surface area contributed by atoms with E-state index in [2.05, 4.69) is 21.1 Å². The predicted molar refractivity (Wildman–Crippen MR) is 124 cm³/mol. The third-order valence-electron chi connectivity index (χ3n) is 7.74. The van der Waals surface area contributed by atoms with Gasteiger partial charge in [0.2, 0.25) is 17.4 Å². The second-order valence-corrected chi connectivity index (χ2v) is 10.1. The standard InChI is InChI=1S/C24H26FN5O7/c1-10-9-30-17-12(8-24(19(30)11(2)36-10)21(32)27-23(34)28-22(24)33)7-14-16(29-37-18(14)15(17)25)20(31)26-13-3-5-35-6-4-13/h7,10-11,13,19H,3-6,8-9H2,1-2H3,(H,26,31)(H2,27,28,32,33,34)/t10-,11+,19-/m1/s1. The zero-order chi connectivity index (χ0) is 26.1. The Morgan fingerprint density at radius 3 is 2.59 bits per heavy atom. The van der Waals surface area contributed by atoms with Crippen molar-refractivity contribution in [2.45, 2.75) is 57.4 Å². The van der Waals surface area contributed by atoms with Crippen molar-refractivity contribution in [1.82, 2.24) is 21.1 Å². The number of morpholine rings is 1. The molecule has 37 heavy (non-hydrogen) atoms. The van der Waals surface area contributed by atoms with E-state index in [1.54, 1.807) is 17.9 Å². The molecule has 1 aromatic heterocycles. The van der Waals surface area contributed by atoms with Crippen LogP contribution in [0.4, 0.5) is 14.9 Å². The van der Waals surface area contributed by atoms with Crippen LogP contribution in [0.3, 0.4) is 0 Å². The van der Waals surface area contributed by atoms with Crippen molar-refractivity contribution in [2.24, 2.45) is 5.41 Å². The Balaban J connectivity index is 1.48. The summed E-state index contributed by atoms with van der Waals surface area (Å²) in [6, 6.07) is -0.370. The molecule has 196 valence electrons. The lowest BCUT2D eigenvalue weighted by atomic mass is 9.66. The van der Waals surface area contributed by atoms with E-state index in [9.17, 15) is 19.2 Å². The van der Waals surface area contributed by atoms with Gasteiger partial charge in [0, 0.05) is 32.2 Å². The average Bonchev–Trinajstić information content (AvgIpc) is 3.27. The van der Waals surface area contributed by atoms with Crippen LogP contribution in [0.15, 0.2) is 10.6 Å². The number of benzene rings is 1. The molecule has 6 rings (SSSR count). The highest BCUT2D eigenvalue weighted by Gasteiger charge is 2.63. The van der Waals surface area contributed by atoms with Gasteiger partial charge in [0.05, 0.1) is 29.3 Å². The van der Waals surface area contributed by atoms with Gasteiger partial charge in [0.1, 0.15) is 0 Å². The number of barbiturate groups is 1. The first-order valence-corrected chi connectivity index (χ1v) is 12.3. The van der Waals surface area contributed by atoms with Gasteiger partial charge in [-0.2, -0.15) is 0 Å². The SMILES string of the molecule is C[C@@H]1CN2c3c(cc4c(C(=O)NC5CCOCC5)noc4c3F)CC3(C(=O)NC(=O)NC3=O)[C@H]2[C@H](C)O1. The van der Waals surface area contributed by atoms with Crippen LogP contribution < -0.4 is 20.9 Å². The summed E-state index contributed by atoms with van der Waals surface area (Å²) in [4.78, 5) is 53.2. The molecule has 5 heterocycles. The third-order valence-corrected chi connectivity index (χ3v) is 7.74. The highest BCUT2D eigenvalue weighted by molar-refractivity contribution is 6.20. The number of urea groups is 1. The van der Waals surface area contributed by atoms with E-state index in [4.69, 9.17) is 14.0 Å². The van der Waals surface area contributed by atoms with Crippen molar-refractivity contribution < 1.29 is 37.6 Å². The summed E-state index contributed by atoms with van der Waals surface area (Å²) in [6.45, 7) is 4.76. The summed E-state index contributed by atoms with van der Waals surface area (Å²) < 4.78 is 32.7. The van der Waals surface area contributed by atoms with Gasteiger partial charge < -0.3 is 24.2 Å². The van der Waals surface area contributed by atoms with Crippen molar-refractivity contribution in [3.8, 4) is 0 Å². The first-order valence-electron chi connectivity index (χ1n) is 12.3. The summed E-state index contributed by atoms with van der Waals surface area (Å²) in [5, 5.41) is 11.3. The van der Waals surface area contributed by atoms with Gasteiger partial charge in [-0.25, -0.2) is 9.18 Å². The van der Waals surface area contributed by atoms with E-state index in [1.165, 1.54) is 0 Å². The number of rotatable bonds is 2. The fourth-order valence-electron chi connectivity index (χ4n) is 6.21. The number of hydrogen-bond donors (Lipinski definition) is 3. The summed E-state index contributed by atoms with van der Waals surface area (Å²) in [5.41, 5.74) is -1.55. The van der Waals surface area contributed by atoms with Gasteiger partial charge in [-0.1, -0.05) is 5.16 Å². The largest absolute Gasteiger partial charge is 0.381 e. The molecule has 5 amide bonds. The highest BCUT2D eigenvalue weighted by atomic mass is 19.1. The molecule has 0 unspecified atom stereocenters. The molecule has 0 saturated carbocycles. The molecular formula is C24H26FN5O7. The molecule has 0 bridgehead atoms. The second kappa shape index (κ2) is 8.48. The molecule has 3 N–H and O–H groups in total. The van der Waals surface area contributed by atoms with Gasteiger partial charge in [0.25, 0.3) is 5.91 Å². The van der Waals surface area contributed by atoms with Crippen molar-refractivity contribution in [2.75, 3.05) is 24.7 Å². The minimum absolute atomic E-state index is 0.0872. The number of nitrogens with one attached hydrogen (secondary N) is 3. The smallest absolute Gasteiger partial charge is 0.328 e. The monoisotopic (exact) mass is 515 g/mol. The maximum atomic E-state index is 16.1. The summed E-state index contributed by atoms with van der Waals surface area (Å²) in [7, 11) is 0. The Bertz CT molecular complexity index is 1320. The predicted octanol–water partition coefficient (Wildman–Crippen LogP) is 0.766. The van der Waals surface area contributed by atoms with Crippen LogP contribution in [0.1, 0.15) is 42.7 Å². The van der Waals surface area contributed by atoms with Crippen LogP contribution in [0.5, 0.6) is 0 Å². The molecule has 0 radical (unpaired) electrons. The minimum Gasteiger partial charge on any atom is -0.381 e. The minimum atomic E-state index is -1.76. The highest BCUT2D eigenvalue weighted by Crippen LogP contribution is 2.49. The Kier molecular flexibility index (Phi) is 5.46.